The maximum absolute atomic E-state index is 12.2. The molecule has 0 aliphatic carbocycles. The van der Waals surface area contributed by atoms with Crippen molar-refractivity contribution in [2.24, 2.45) is 5.10 Å². The Labute approximate surface area is 169 Å². The molecule has 0 spiro atoms. The maximum Gasteiger partial charge on any atom is 0.329 e. The second-order valence-corrected chi connectivity index (χ2v) is 6.52. The van der Waals surface area contributed by atoms with Crippen molar-refractivity contribution >= 4 is 23.9 Å². The lowest BCUT2D eigenvalue weighted by Crippen LogP contribution is -2.43. The van der Waals surface area contributed by atoms with Crippen LogP contribution in [0.4, 0.5) is 0 Å². The lowest BCUT2D eigenvalue weighted by atomic mass is 10.2. The van der Waals surface area contributed by atoms with Crippen LogP contribution in [0.3, 0.4) is 0 Å². The highest BCUT2D eigenvalue weighted by molar-refractivity contribution is 6.35. The molecular weight excluding hydrogens is 380 g/mol. The SMILES string of the molecule is COc1cc(/C=N/NC(=O)C(=O)NC(C)C)ccc1OCC(=O)N1CCOCC1. The summed E-state index contributed by atoms with van der Waals surface area (Å²) in [5, 5.41) is 6.22. The number of ether oxygens (including phenoxy) is 3. The average molecular weight is 406 g/mol. The van der Waals surface area contributed by atoms with Gasteiger partial charge in [0.25, 0.3) is 5.91 Å². The number of nitrogens with one attached hydrogen (secondary N) is 2. The fourth-order valence-corrected chi connectivity index (χ4v) is 2.47. The predicted molar refractivity (Wildman–Crippen MR) is 105 cm³/mol. The highest BCUT2D eigenvalue weighted by atomic mass is 16.5. The molecule has 2 N–H and O–H groups in total. The fourth-order valence-electron chi connectivity index (χ4n) is 2.47. The van der Waals surface area contributed by atoms with E-state index < -0.39 is 11.8 Å². The molecule has 10 heteroatoms. The molecule has 0 saturated carbocycles. The average Bonchev–Trinajstić information content (AvgIpc) is 2.72. The summed E-state index contributed by atoms with van der Waals surface area (Å²) in [7, 11) is 1.48. The summed E-state index contributed by atoms with van der Waals surface area (Å²) in [6, 6.07) is 4.81. The first kappa shape index (κ1) is 22.2. The second-order valence-electron chi connectivity index (χ2n) is 6.52. The van der Waals surface area contributed by atoms with Gasteiger partial charge in [0.15, 0.2) is 18.1 Å². The van der Waals surface area contributed by atoms with E-state index in [1.54, 1.807) is 36.9 Å². The van der Waals surface area contributed by atoms with Gasteiger partial charge in [-0.15, -0.1) is 0 Å². The number of carbonyl (C=O) groups excluding carboxylic acids is 3. The molecule has 0 radical (unpaired) electrons. The first-order chi connectivity index (χ1) is 13.9. The fraction of sp³-hybridized carbons (Fsp3) is 0.474. The highest BCUT2D eigenvalue weighted by Gasteiger charge is 2.18. The predicted octanol–water partition coefficient (Wildman–Crippen LogP) is -0.0925. The number of hydrogen-bond acceptors (Lipinski definition) is 7. The highest BCUT2D eigenvalue weighted by Crippen LogP contribution is 2.27. The van der Waals surface area contributed by atoms with Crippen LogP contribution in [-0.4, -0.2) is 74.9 Å². The van der Waals surface area contributed by atoms with Crippen LogP contribution in [0.15, 0.2) is 23.3 Å². The van der Waals surface area contributed by atoms with E-state index in [9.17, 15) is 14.4 Å². The zero-order valence-corrected chi connectivity index (χ0v) is 16.8. The van der Waals surface area contributed by atoms with Crippen LogP contribution in [0.25, 0.3) is 0 Å². The van der Waals surface area contributed by atoms with Crippen LogP contribution in [0.5, 0.6) is 11.5 Å². The third-order valence-electron chi connectivity index (χ3n) is 3.91. The van der Waals surface area contributed by atoms with Gasteiger partial charge in [-0.1, -0.05) is 0 Å². The van der Waals surface area contributed by atoms with E-state index in [0.29, 0.717) is 43.4 Å². The summed E-state index contributed by atoms with van der Waals surface area (Å²) in [6.07, 6.45) is 1.37. The lowest BCUT2D eigenvalue weighted by Gasteiger charge is -2.26. The Balaban J connectivity index is 1.91. The first-order valence-corrected chi connectivity index (χ1v) is 9.21. The van der Waals surface area contributed by atoms with Crippen LogP contribution < -0.4 is 20.2 Å². The topological polar surface area (TPSA) is 119 Å². The number of nitrogens with zero attached hydrogens (tertiary/aromatic N) is 2. The Morgan fingerprint density at radius 2 is 1.93 bits per heavy atom. The van der Waals surface area contributed by atoms with Gasteiger partial charge < -0.3 is 24.4 Å². The molecular formula is C19H26N4O6. The van der Waals surface area contributed by atoms with Crippen molar-refractivity contribution in [1.29, 1.82) is 0 Å². The summed E-state index contributed by atoms with van der Waals surface area (Å²) < 4.78 is 16.1. The van der Waals surface area contributed by atoms with E-state index in [0.717, 1.165) is 0 Å². The van der Waals surface area contributed by atoms with Gasteiger partial charge in [-0.3, -0.25) is 14.4 Å². The van der Waals surface area contributed by atoms with Crippen molar-refractivity contribution in [2.45, 2.75) is 19.9 Å². The van der Waals surface area contributed by atoms with E-state index in [1.165, 1.54) is 13.3 Å². The summed E-state index contributed by atoms with van der Waals surface area (Å²) in [5.41, 5.74) is 2.76. The minimum atomic E-state index is -0.858. The standard InChI is InChI=1S/C19H26N4O6/c1-13(2)21-18(25)19(26)22-20-11-14-4-5-15(16(10-14)27-3)29-12-17(24)23-6-8-28-9-7-23/h4-5,10-11,13H,6-9,12H2,1-3H3,(H,21,25)(H,22,26)/b20-11+. The zero-order valence-electron chi connectivity index (χ0n) is 16.8. The van der Waals surface area contributed by atoms with E-state index >= 15 is 0 Å². The van der Waals surface area contributed by atoms with E-state index in [4.69, 9.17) is 14.2 Å². The van der Waals surface area contributed by atoms with Crippen LogP contribution >= 0.6 is 0 Å². The molecule has 29 heavy (non-hydrogen) atoms. The molecule has 1 heterocycles. The lowest BCUT2D eigenvalue weighted by molar-refractivity contribution is -0.139. The molecule has 0 aromatic heterocycles. The monoisotopic (exact) mass is 406 g/mol. The smallest absolute Gasteiger partial charge is 0.329 e. The third kappa shape index (κ3) is 7.07. The van der Waals surface area contributed by atoms with Crippen LogP contribution in [0.2, 0.25) is 0 Å². The van der Waals surface area contributed by atoms with Crippen molar-refractivity contribution in [1.82, 2.24) is 15.6 Å². The van der Waals surface area contributed by atoms with Gasteiger partial charge >= 0.3 is 11.8 Å². The number of methoxy groups -OCH3 is 1. The first-order valence-electron chi connectivity index (χ1n) is 9.21. The molecule has 1 saturated heterocycles. The summed E-state index contributed by atoms with van der Waals surface area (Å²) in [4.78, 5) is 37.0. The van der Waals surface area contributed by atoms with E-state index in [1.807, 2.05) is 0 Å². The minimum absolute atomic E-state index is 0.106. The summed E-state index contributed by atoms with van der Waals surface area (Å²) in [6.45, 7) is 5.55. The molecule has 1 aliphatic rings. The van der Waals surface area contributed by atoms with Gasteiger partial charge in [0, 0.05) is 19.1 Å². The Bertz CT molecular complexity index is 759. The van der Waals surface area contributed by atoms with Crippen LogP contribution in [0.1, 0.15) is 19.4 Å². The van der Waals surface area contributed by atoms with Crippen molar-refractivity contribution < 1.29 is 28.6 Å². The van der Waals surface area contributed by atoms with Crippen molar-refractivity contribution in [3.8, 4) is 11.5 Å². The number of hydrazone groups is 1. The van der Waals surface area contributed by atoms with Gasteiger partial charge in [-0.2, -0.15) is 5.10 Å². The van der Waals surface area contributed by atoms with E-state index in [-0.39, 0.29) is 18.6 Å². The minimum Gasteiger partial charge on any atom is -0.493 e. The molecule has 1 aromatic carbocycles. The van der Waals surface area contributed by atoms with Gasteiger partial charge in [-0.25, -0.2) is 5.43 Å². The molecule has 1 fully saturated rings. The number of morpholine rings is 1. The third-order valence-corrected chi connectivity index (χ3v) is 3.91. The maximum atomic E-state index is 12.2. The van der Waals surface area contributed by atoms with Gasteiger partial charge in [-0.05, 0) is 37.6 Å². The van der Waals surface area contributed by atoms with Crippen LogP contribution in [0, 0.1) is 0 Å². The Hall–Kier alpha value is -3.14. The molecule has 0 bridgehead atoms. The molecule has 1 aromatic rings. The van der Waals surface area contributed by atoms with Crippen molar-refractivity contribution in [2.75, 3.05) is 40.0 Å². The molecule has 0 unspecified atom stereocenters. The summed E-state index contributed by atoms with van der Waals surface area (Å²) >= 11 is 0. The normalized spacial score (nSPS) is 14.0. The van der Waals surface area contributed by atoms with Gasteiger partial charge in [0.05, 0.1) is 26.5 Å². The molecule has 0 atom stereocenters. The molecule has 158 valence electrons. The quantitative estimate of drug-likeness (QED) is 0.371. The summed E-state index contributed by atoms with van der Waals surface area (Å²) in [5.74, 6) is -0.922. The number of rotatable bonds is 7. The Morgan fingerprint density at radius 1 is 1.21 bits per heavy atom. The second kappa shape index (κ2) is 11.0. The van der Waals surface area contributed by atoms with Crippen LogP contribution in [-0.2, 0) is 19.1 Å². The van der Waals surface area contributed by atoms with E-state index in [2.05, 4.69) is 15.8 Å². The largest absolute Gasteiger partial charge is 0.493 e. The van der Waals surface area contributed by atoms with Crippen molar-refractivity contribution in [3.05, 3.63) is 23.8 Å². The number of benzene rings is 1. The molecule has 10 nitrogen and oxygen atoms in total. The Morgan fingerprint density at radius 3 is 2.59 bits per heavy atom. The number of carbonyl (C=O) groups is 3. The number of hydrogen-bond donors (Lipinski definition) is 2. The number of amides is 3. The molecule has 1 aliphatic heterocycles. The molecule has 3 amide bonds. The molecule has 2 rings (SSSR count). The van der Waals surface area contributed by atoms with Gasteiger partial charge in [0.2, 0.25) is 0 Å². The Kier molecular flexibility index (Phi) is 8.41. The van der Waals surface area contributed by atoms with Crippen molar-refractivity contribution in [3.63, 3.8) is 0 Å². The van der Waals surface area contributed by atoms with Gasteiger partial charge in [0.1, 0.15) is 0 Å². The zero-order chi connectivity index (χ0) is 21.2.